The van der Waals surface area contributed by atoms with Gasteiger partial charge in [-0.15, -0.1) is 0 Å². The summed E-state index contributed by atoms with van der Waals surface area (Å²) in [5, 5.41) is 5.27. The summed E-state index contributed by atoms with van der Waals surface area (Å²) in [5.41, 5.74) is 1.53. The molecular formula is C18H19ClN2O2S. The molecule has 2 rings (SSSR count). The molecule has 0 saturated carbocycles. The predicted molar refractivity (Wildman–Crippen MR) is 103 cm³/mol. The van der Waals surface area contributed by atoms with Gasteiger partial charge in [-0.2, -0.15) is 0 Å². The fraction of sp³-hybridized carbons (Fsp3) is 0.222. The fourth-order valence-electron chi connectivity index (χ4n) is 2.21. The van der Waals surface area contributed by atoms with Gasteiger partial charge in [0.2, 0.25) is 0 Å². The van der Waals surface area contributed by atoms with E-state index in [1.807, 2.05) is 37.3 Å². The maximum absolute atomic E-state index is 12.2. The third-order valence-electron chi connectivity index (χ3n) is 3.26. The standard InChI is InChI=1S/C18H19ClN2O2S/c1-3-23-21(16-7-5-4-6-8-16)17(13(2)22)18(24)20-15-11-9-14(19)10-12-15/h4-12,17H,3H2,1-2H3,(H,20,24). The SMILES string of the molecule is CCON(c1ccccc1)C(C(C)=O)C(=S)Nc1ccc(Cl)cc1. The molecule has 126 valence electrons. The van der Waals surface area contributed by atoms with Gasteiger partial charge in [0.1, 0.15) is 4.99 Å². The van der Waals surface area contributed by atoms with Gasteiger partial charge >= 0.3 is 0 Å². The van der Waals surface area contributed by atoms with Crippen LogP contribution < -0.4 is 10.4 Å². The Hall–Kier alpha value is -1.95. The molecule has 2 aromatic carbocycles. The number of carbonyl (C=O) groups excluding carboxylic acids is 1. The predicted octanol–water partition coefficient (Wildman–Crippen LogP) is 4.50. The molecule has 0 radical (unpaired) electrons. The number of hydrogen-bond acceptors (Lipinski definition) is 4. The molecule has 24 heavy (non-hydrogen) atoms. The summed E-state index contributed by atoms with van der Waals surface area (Å²) in [4.78, 5) is 18.3. The second-order valence-electron chi connectivity index (χ2n) is 5.09. The van der Waals surface area contributed by atoms with Crippen molar-refractivity contribution in [3.05, 3.63) is 59.6 Å². The normalized spacial score (nSPS) is 11.6. The van der Waals surface area contributed by atoms with Gasteiger partial charge in [-0.3, -0.25) is 9.63 Å². The van der Waals surface area contributed by atoms with Crippen molar-refractivity contribution in [3.63, 3.8) is 0 Å². The summed E-state index contributed by atoms with van der Waals surface area (Å²) >= 11 is 11.4. The van der Waals surface area contributed by atoms with E-state index in [1.54, 1.807) is 29.3 Å². The lowest BCUT2D eigenvalue weighted by Crippen LogP contribution is -2.48. The van der Waals surface area contributed by atoms with E-state index in [4.69, 9.17) is 28.7 Å². The molecule has 0 heterocycles. The molecule has 0 aromatic heterocycles. The van der Waals surface area contributed by atoms with Crippen molar-refractivity contribution in [2.75, 3.05) is 17.0 Å². The monoisotopic (exact) mass is 362 g/mol. The maximum Gasteiger partial charge on any atom is 0.164 e. The zero-order chi connectivity index (χ0) is 17.5. The van der Waals surface area contributed by atoms with E-state index in [2.05, 4.69) is 5.32 Å². The zero-order valence-electron chi connectivity index (χ0n) is 13.5. The quantitative estimate of drug-likeness (QED) is 0.580. The van der Waals surface area contributed by atoms with Crippen molar-refractivity contribution in [2.45, 2.75) is 19.9 Å². The van der Waals surface area contributed by atoms with Crippen molar-refractivity contribution in [3.8, 4) is 0 Å². The van der Waals surface area contributed by atoms with Crippen LogP contribution in [-0.4, -0.2) is 23.4 Å². The van der Waals surface area contributed by atoms with E-state index in [0.29, 0.717) is 16.6 Å². The van der Waals surface area contributed by atoms with Gasteiger partial charge in [0.05, 0.1) is 12.3 Å². The first-order valence-corrected chi connectivity index (χ1v) is 8.35. The number of carbonyl (C=O) groups is 1. The molecule has 0 aliphatic heterocycles. The number of rotatable bonds is 7. The molecule has 0 amide bonds. The minimum absolute atomic E-state index is 0.112. The summed E-state index contributed by atoms with van der Waals surface area (Å²) in [6.45, 7) is 3.78. The number of para-hydroxylation sites is 1. The molecule has 0 saturated heterocycles. The molecule has 6 heteroatoms. The Morgan fingerprint density at radius 2 is 1.83 bits per heavy atom. The molecule has 0 bridgehead atoms. The Morgan fingerprint density at radius 1 is 1.21 bits per heavy atom. The van der Waals surface area contributed by atoms with Crippen LogP contribution in [0.4, 0.5) is 11.4 Å². The highest BCUT2D eigenvalue weighted by Crippen LogP contribution is 2.20. The minimum Gasteiger partial charge on any atom is -0.348 e. The zero-order valence-corrected chi connectivity index (χ0v) is 15.1. The number of benzene rings is 2. The smallest absolute Gasteiger partial charge is 0.164 e. The third kappa shape index (κ3) is 4.77. The molecule has 0 fully saturated rings. The number of ketones is 1. The Labute approximate surface area is 152 Å². The first kappa shape index (κ1) is 18.4. The lowest BCUT2D eigenvalue weighted by molar-refractivity contribution is -0.118. The van der Waals surface area contributed by atoms with Gasteiger partial charge in [0, 0.05) is 10.7 Å². The molecule has 0 spiro atoms. The van der Waals surface area contributed by atoms with Gasteiger partial charge in [0.25, 0.3) is 0 Å². The maximum atomic E-state index is 12.2. The molecule has 1 atom stereocenters. The molecule has 0 aliphatic carbocycles. The van der Waals surface area contributed by atoms with E-state index >= 15 is 0 Å². The number of Topliss-reactive ketones (excluding diaryl/α,β-unsaturated/α-hetero) is 1. The number of halogens is 1. The summed E-state index contributed by atoms with van der Waals surface area (Å²) < 4.78 is 0. The molecule has 0 aliphatic rings. The summed E-state index contributed by atoms with van der Waals surface area (Å²) in [5.74, 6) is -0.112. The van der Waals surface area contributed by atoms with Gasteiger partial charge in [-0.05, 0) is 50.2 Å². The summed E-state index contributed by atoms with van der Waals surface area (Å²) in [6, 6.07) is 15.8. The summed E-state index contributed by atoms with van der Waals surface area (Å²) in [7, 11) is 0. The van der Waals surface area contributed by atoms with Crippen molar-refractivity contribution in [1.29, 1.82) is 0 Å². The number of nitrogens with one attached hydrogen (secondary N) is 1. The van der Waals surface area contributed by atoms with Crippen LogP contribution in [0.1, 0.15) is 13.8 Å². The van der Waals surface area contributed by atoms with Crippen LogP contribution in [0.3, 0.4) is 0 Å². The molecule has 1 unspecified atom stereocenters. The second-order valence-corrected chi connectivity index (χ2v) is 5.96. The Morgan fingerprint density at radius 3 is 2.38 bits per heavy atom. The van der Waals surface area contributed by atoms with E-state index in [1.165, 1.54) is 6.92 Å². The Bertz CT molecular complexity index is 692. The van der Waals surface area contributed by atoms with Gasteiger partial charge in [-0.25, -0.2) is 5.06 Å². The average Bonchev–Trinajstić information content (AvgIpc) is 2.57. The average molecular weight is 363 g/mol. The van der Waals surface area contributed by atoms with Crippen LogP contribution >= 0.6 is 23.8 Å². The van der Waals surface area contributed by atoms with Gasteiger partial charge in [0.15, 0.2) is 11.8 Å². The Kier molecular flexibility index (Phi) is 6.73. The van der Waals surface area contributed by atoms with E-state index in [-0.39, 0.29) is 5.78 Å². The molecule has 4 nitrogen and oxygen atoms in total. The van der Waals surface area contributed by atoms with Crippen LogP contribution in [0.5, 0.6) is 0 Å². The van der Waals surface area contributed by atoms with Crippen LogP contribution in [0.15, 0.2) is 54.6 Å². The Balaban J connectivity index is 2.26. The molecular weight excluding hydrogens is 344 g/mol. The first-order chi connectivity index (χ1) is 11.5. The third-order valence-corrected chi connectivity index (χ3v) is 3.84. The van der Waals surface area contributed by atoms with E-state index in [9.17, 15) is 4.79 Å². The topological polar surface area (TPSA) is 41.6 Å². The lowest BCUT2D eigenvalue weighted by atomic mass is 10.1. The number of anilines is 2. The van der Waals surface area contributed by atoms with Crippen LogP contribution in [-0.2, 0) is 9.63 Å². The molecule has 1 N–H and O–H groups in total. The van der Waals surface area contributed by atoms with E-state index in [0.717, 1.165) is 11.4 Å². The first-order valence-electron chi connectivity index (χ1n) is 7.57. The fourth-order valence-corrected chi connectivity index (χ4v) is 2.72. The van der Waals surface area contributed by atoms with Crippen molar-refractivity contribution in [1.82, 2.24) is 0 Å². The van der Waals surface area contributed by atoms with E-state index < -0.39 is 6.04 Å². The lowest BCUT2D eigenvalue weighted by Gasteiger charge is -2.31. The van der Waals surface area contributed by atoms with Crippen molar-refractivity contribution >= 4 is 46.0 Å². The number of hydrogen-bond donors (Lipinski definition) is 1. The van der Waals surface area contributed by atoms with Crippen molar-refractivity contribution < 1.29 is 9.63 Å². The minimum atomic E-state index is -0.724. The van der Waals surface area contributed by atoms with Gasteiger partial charge in [-0.1, -0.05) is 42.0 Å². The molecule has 2 aromatic rings. The highest BCUT2D eigenvalue weighted by molar-refractivity contribution is 7.80. The number of nitrogens with zero attached hydrogens (tertiary/aromatic N) is 1. The second kappa shape index (κ2) is 8.78. The number of hydroxylamine groups is 1. The van der Waals surface area contributed by atoms with Crippen LogP contribution in [0.2, 0.25) is 5.02 Å². The van der Waals surface area contributed by atoms with Gasteiger partial charge < -0.3 is 5.32 Å². The van der Waals surface area contributed by atoms with Crippen molar-refractivity contribution in [2.24, 2.45) is 0 Å². The highest BCUT2D eigenvalue weighted by atomic mass is 35.5. The number of thiocarbonyl (C=S) groups is 1. The van der Waals surface area contributed by atoms with Crippen LogP contribution in [0, 0.1) is 0 Å². The highest BCUT2D eigenvalue weighted by Gasteiger charge is 2.28. The summed E-state index contributed by atoms with van der Waals surface area (Å²) in [6.07, 6.45) is 0. The van der Waals surface area contributed by atoms with Crippen LogP contribution in [0.25, 0.3) is 0 Å². The largest absolute Gasteiger partial charge is 0.348 e.